The van der Waals surface area contributed by atoms with Gasteiger partial charge in [0.1, 0.15) is 0 Å². The van der Waals surface area contributed by atoms with Crippen LogP contribution in [-0.4, -0.2) is 24.5 Å². The molecule has 0 unspecified atom stereocenters. The molecule has 0 saturated heterocycles. The second-order valence-corrected chi connectivity index (χ2v) is 8.73. The van der Waals surface area contributed by atoms with E-state index in [-0.39, 0.29) is 10.8 Å². The third-order valence-corrected chi connectivity index (χ3v) is 6.08. The number of amides is 1. The van der Waals surface area contributed by atoms with Crippen LogP contribution >= 0.6 is 0 Å². The number of hydrogen-bond acceptors (Lipinski definition) is 6. The lowest BCUT2D eigenvalue weighted by Crippen LogP contribution is -2.14. The zero-order valence-electron chi connectivity index (χ0n) is 16.0. The fourth-order valence-corrected chi connectivity index (χ4v) is 4.24. The zero-order valence-corrected chi connectivity index (χ0v) is 16.8. The minimum Gasteiger partial charge on any atom is -0.339 e. The standard InChI is InChI=1S/C20H20N4O4S/c1-12-3-4-15(19-22-20(28-23-19)14-5-6-14)11-18(12)29(26,27)24-17-9-7-16(8-10-17)21-13(2)25/h3-4,7-11,14,24H,5-6H2,1-2H3,(H,21,25). The first kappa shape index (κ1) is 19.1. The quantitative estimate of drug-likeness (QED) is 0.638. The van der Waals surface area contributed by atoms with E-state index in [1.807, 2.05) is 0 Å². The van der Waals surface area contributed by atoms with Gasteiger partial charge in [-0.15, -0.1) is 0 Å². The number of rotatable bonds is 6. The number of benzene rings is 2. The number of anilines is 2. The molecule has 3 aromatic rings. The van der Waals surface area contributed by atoms with Gasteiger partial charge < -0.3 is 9.84 Å². The lowest BCUT2D eigenvalue weighted by molar-refractivity contribution is -0.114. The largest absolute Gasteiger partial charge is 0.339 e. The topological polar surface area (TPSA) is 114 Å². The molecule has 1 heterocycles. The highest BCUT2D eigenvalue weighted by atomic mass is 32.2. The van der Waals surface area contributed by atoms with Crippen LogP contribution in [0, 0.1) is 6.92 Å². The van der Waals surface area contributed by atoms with Crippen molar-refractivity contribution in [2.75, 3.05) is 10.0 Å². The number of carbonyl (C=O) groups is 1. The second-order valence-electron chi connectivity index (χ2n) is 7.07. The fourth-order valence-electron chi connectivity index (χ4n) is 2.91. The smallest absolute Gasteiger partial charge is 0.262 e. The van der Waals surface area contributed by atoms with Gasteiger partial charge >= 0.3 is 0 Å². The van der Waals surface area contributed by atoms with E-state index in [1.54, 1.807) is 49.4 Å². The summed E-state index contributed by atoms with van der Waals surface area (Å²) in [5.41, 5.74) is 2.15. The molecule has 150 valence electrons. The average Bonchev–Trinajstić information content (AvgIpc) is 3.40. The monoisotopic (exact) mass is 412 g/mol. The molecule has 0 spiro atoms. The minimum atomic E-state index is -3.83. The summed E-state index contributed by atoms with van der Waals surface area (Å²) in [5.74, 6) is 1.11. The molecule has 1 amide bonds. The highest BCUT2D eigenvalue weighted by Crippen LogP contribution is 2.39. The first-order valence-corrected chi connectivity index (χ1v) is 10.7. The third-order valence-electron chi connectivity index (χ3n) is 4.56. The Hall–Kier alpha value is -3.20. The van der Waals surface area contributed by atoms with Gasteiger partial charge in [0.2, 0.25) is 17.6 Å². The maximum Gasteiger partial charge on any atom is 0.262 e. The minimum absolute atomic E-state index is 0.138. The summed E-state index contributed by atoms with van der Waals surface area (Å²) in [4.78, 5) is 15.6. The van der Waals surface area contributed by atoms with Crippen molar-refractivity contribution < 1.29 is 17.7 Å². The van der Waals surface area contributed by atoms with Crippen LogP contribution in [-0.2, 0) is 14.8 Å². The van der Waals surface area contributed by atoms with Crippen LogP contribution in [0.2, 0.25) is 0 Å². The Morgan fingerprint density at radius 2 is 1.79 bits per heavy atom. The first-order chi connectivity index (χ1) is 13.8. The summed E-state index contributed by atoms with van der Waals surface area (Å²) in [6.07, 6.45) is 2.08. The molecule has 2 N–H and O–H groups in total. The molecule has 1 aliphatic rings. The number of aromatic nitrogens is 2. The van der Waals surface area contributed by atoms with E-state index in [0.29, 0.717) is 40.1 Å². The highest BCUT2D eigenvalue weighted by molar-refractivity contribution is 7.92. The van der Waals surface area contributed by atoms with Crippen LogP contribution in [0.15, 0.2) is 51.9 Å². The van der Waals surface area contributed by atoms with Crippen LogP contribution in [0.3, 0.4) is 0 Å². The molecule has 0 bridgehead atoms. The molecular formula is C20H20N4O4S. The van der Waals surface area contributed by atoms with Gasteiger partial charge in [-0.3, -0.25) is 9.52 Å². The number of nitrogens with zero attached hydrogens (tertiary/aromatic N) is 2. The molecule has 8 nitrogen and oxygen atoms in total. The Morgan fingerprint density at radius 1 is 1.10 bits per heavy atom. The summed E-state index contributed by atoms with van der Waals surface area (Å²) in [6.45, 7) is 3.13. The Bertz CT molecular complexity index is 1170. The van der Waals surface area contributed by atoms with Gasteiger partial charge in [-0.2, -0.15) is 4.98 Å². The summed E-state index contributed by atoms with van der Waals surface area (Å²) in [6, 6.07) is 11.5. The van der Waals surface area contributed by atoms with E-state index >= 15 is 0 Å². The van der Waals surface area contributed by atoms with E-state index in [0.717, 1.165) is 12.8 Å². The van der Waals surface area contributed by atoms with Crippen molar-refractivity contribution in [3.63, 3.8) is 0 Å². The van der Waals surface area contributed by atoms with Gasteiger partial charge in [0, 0.05) is 29.8 Å². The van der Waals surface area contributed by atoms with E-state index in [2.05, 4.69) is 20.2 Å². The van der Waals surface area contributed by atoms with Crippen molar-refractivity contribution >= 4 is 27.3 Å². The van der Waals surface area contributed by atoms with E-state index in [1.165, 1.54) is 6.92 Å². The molecule has 0 radical (unpaired) electrons. The molecule has 0 atom stereocenters. The lowest BCUT2D eigenvalue weighted by Gasteiger charge is -2.12. The number of sulfonamides is 1. The molecule has 9 heteroatoms. The normalized spacial score (nSPS) is 13.9. The summed E-state index contributed by atoms with van der Waals surface area (Å²) >= 11 is 0. The molecule has 1 aromatic heterocycles. The van der Waals surface area contributed by atoms with Crippen molar-refractivity contribution in [1.82, 2.24) is 10.1 Å². The molecule has 0 aliphatic heterocycles. The van der Waals surface area contributed by atoms with Crippen LogP contribution in [0.1, 0.15) is 37.1 Å². The average molecular weight is 412 g/mol. The number of aryl methyl sites for hydroxylation is 1. The SMILES string of the molecule is CC(=O)Nc1ccc(NS(=O)(=O)c2cc(-c3noc(C4CC4)n3)ccc2C)cc1. The van der Waals surface area contributed by atoms with Gasteiger partial charge in [-0.1, -0.05) is 17.3 Å². The Balaban J connectivity index is 1.59. The Morgan fingerprint density at radius 3 is 2.45 bits per heavy atom. The molecule has 1 saturated carbocycles. The maximum absolute atomic E-state index is 12.9. The number of hydrogen-bond donors (Lipinski definition) is 2. The number of carbonyl (C=O) groups excluding carboxylic acids is 1. The van der Waals surface area contributed by atoms with Gasteiger partial charge in [-0.25, -0.2) is 8.42 Å². The fraction of sp³-hybridized carbons (Fsp3) is 0.250. The van der Waals surface area contributed by atoms with Gasteiger partial charge in [-0.05, 0) is 55.7 Å². The van der Waals surface area contributed by atoms with Gasteiger partial charge in [0.15, 0.2) is 0 Å². The number of nitrogens with one attached hydrogen (secondary N) is 2. The third kappa shape index (κ3) is 4.29. The zero-order chi connectivity index (χ0) is 20.6. The van der Waals surface area contributed by atoms with Gasteiger partial charge in [0.05, 0.1) is 4.90 Å². The molecule has 29 heavy (non-hydrogen) atoms. The summed E-state index contributed by atoms with van der Waals surface area (Å²) in [5, 5.41) is 6.62. The summed E-state index contributed by atoms with van der Waals surface area (Å²) in [7, 11) is -3.83. The molecule has 2 aromatic carbocycles. The predicted molar refractivity (Wildman–Crippen MR) is 108 cm³/mol. The molecule has 1 aliphatic carbocycles. The van der Waals surface area contributed by atoms with Crippen molar-refractivity contribution in [2.24, 2.45) is 0 Å². The first-order valence-electron chi connectivity index (χ1n) is 9.17. The van der Waals surface area contributed by atoms with Gasteiger partial charge in [0.25, 0.3) is 10.0 Å². The molecular weight excluding hydrogens is 392 g/mol. The second kappa shape index (κ2) is 7.32. The van der Waals surface area contributed by atoms with Crippen molar-refractivity contribution in [1.29, 1.82) is 0 Å². The van der Waals surface area contributed by atoms with E-state index in [4.69, 9.17) is 4.52 Å². The van der Waals surface area contributed by atoms with Crippen LogP contribution in [0.4, 0.5) is 11.4 Å². The van der Waals surface area contributed by atoms with Crippen LogP contribution in [0.25, 0.3) is 11.4 Å². The van der Waals surface area contributed by atoms with E-state index < -0.39 is 10.0 Å². The lowest BCUT2D eigenvalue weighted by atomic mass is 10.1. The summed E-state index contributed by atoms with van der Waals surface area (Å²) < 4.78 is 33.7. The predicted octanol–water partition coefficient (Wildman–Crippen LogP) is 3.68. The van der Waals surface area contributed by atoms with Crippen molar-refractivity contribution in [2.45, 2.75) is 37.5 Å². The van der Waals surface area contributed by atoms with E-state index in [9.17, 15) is 13.2 Å². The molecule has 4 rings (SSSR count). The maximum atomic E-state index is 12.9. The van der Waals surface area contributed by atoms with Crippen molar-refractivity contribution in [3.8, 4) is 11.4 Å². The van der Waals surface area contributed by atoms with Crippen molar-refractivity contribution in [3.05, 3.63) is 53.9 Å². The Kier molecular flexibility index (Phi) is 4.83. The highest BCUT2D eigenvalue weighted by Gasteiger charge is 2.30. The van der Waals surface area contributed by atoms with Crippen LogP contribution in [0.5, 0.6) is 0 Å². The van der Waals surface area contributed by atoms with Crippen LogP contribution < -0.4 is 10.0 Å². The molecule has 1 fully saturated rings. The Labute approximate surface area is 168 Å².